The van der Waals surface area contributed by atoms with Gasteiger partial charge in [0.05, 0.1) is 11.9 Å². The van der Waals surface area contributed by atoms with Crippen LogP contribution in [0.2, 0.25) is 0 Å². The van der Waals surface area contributed by atoms with Crippen molar-refractivity contribution < 1.29 is 14.7 Å². The van der Waals surface area contributed by atoms with Crippen molar-refractivity contribution in [3.63, 3.8) is 0 Å². The molecule has 4 N–H and O–H groups in total. The number of amides is 1. The lowest BCUT2D eigenvalue weighted by molar-refractivity contribution is -0.138. The van der Waals surface area contributed by atoms with Gasteiger partial charge in [0.1, 0.15) is 6.04 Å². The second-order valence-electron chi connectivity index (χ2n) is 5.23. The molecule has 1 aromatic carbocycles. The Morgan fingerprint density at radius 2 is 2.17 bits per heavy atom. The van der Waals surface area contributed by atoms with Gasteiger partial charge in [0.15, 0.2) is 0 Å². The molecular weight excluding hydrogens is 296 g/mol. The molecule has 122 valence electrons. The van der Waals surface area contributed by atoms with Crippen LogP contribution in [0.15, 0.2) is 30.5 Å². The lowest BCUT2D eigenvalue weighted by Crippen LogP contribution is -2.42. The van der Waals surface area contributed by atoms with E-state index in [-0.39, 0.29) is 12.5 Å². The normalized spacial score (nSPS) is 12.0. The zero-order chi connectivity index (χ0) is 17.0. The topological polar surface area (TPSA) is 110 Å². The molecule has 1 aromatic heterocycles. The molecule has 0 saturated carbocycles. The number of carbonyl (C=O) groups is 2. The fraction of sp³-hybridized carbons (Fsp3) is 0.312. The van der Waals surface area contributed by atoms with Crippen molar-refractivity contribution in [2.45, 2.75) is 26.4 Å². The highest BCUT2D eigenvalue weighted by Gasteiger charge is 2.15. The number of carboxylic acids is 1. The van der Waals surface area contributed by atoms with Gasteiger partial charge in [0.2, 0.25) is 0 Å². The second-order valence-corrected chi connectivity index (χ2v) is 5.23. The molecule has 0 spiro atoms. The van der Waals surface area contributed by atoms with Gasteiger partial charge in [-0.2, -0.15) is 5.10 Å². The third-order valence-electron chi connectivity index (χ3n) is 3.52. The van der Waals surface area contributed by atoms with Crippen LogP contribution in [0.1, 0.15) is 22.8 Å². The summed E-state index contributed by atoms with van der Waals surface area (Å²) in [6.45, 7) is 4.57. The molecule has 23 heavy (non-hydrogen) atoms. The fourth-order valence-electron chi connectivity index (χ4n) is 2.29. The number of hydrogen-bond acceptors (Lipinski definition) is 4. The van der Waals surface area contributed by atoms with E-state index in [1.54, 1.807) is 24.4 Å². The van der Waals surface area contributed by atoms with Crippen LogP contribution in [0.5, 0.6) is 0 Å². The van der Waals surface area contributed by atoms with E-state index in [2.05, 4.69) is 10.4 Å². The average molecular weight is 316 g/mol. The summed E-state index contributed by atoms with van der Waals surface area (Å²) in [5.74, 6) is -1.51. The van der Waals surface area contributed by atoms with Gasteiger partial charge in [-0.05, 0) is 31.5 Å². The minimum atomic E-state index is -1.15. The van der Waals surface area contributed by atoms with E-state index in [4.69, 9.17) is 10.8 Å². The number of carboxylic acid groups (broad SMARTS) is 1. The van der Waals surface area contributed by atoms with Crippen molar-refractivity contribution >= 4 is 11.9 Å². The maximum atomic E-state index is 12.2. The van der Waals surface area contributed by atoms with Crippen molar-refractivity contribution in [3.05, 3.63) is 41.6 Å². The van der Waals surface area contributed by atoms with Crippen molar-refractivity contribution in [2.75, 3.05) is 6.54 Å². The Bertz CT molecular complexity index is 724. The van der Waals surface area contributed by atoms with Crippen LogP contribution in [-0.4, -0.2) is 39.4 Å². The van der Waals surface area contributed by atoms with E-state index in [1.165, 1.54) is 0 Å². The highest BCUT2D eigenvalue weighted by atomic mass is 16.4. The standard InChI is InChI=1S/C16H20N4O3/c1-3-20-14(10(2)8-19-20)11-5-4-6-12(7-11)15(21)18-9-13(17)16(22)23/h4-8,13H,3,9,17H2,1-2H3,(H,18,21)(H,22,23)/t13-/m1/s1. The zero-order valence-electron chi connectivity index (χ0n) is 13.1. The molecule has 2 rings (SSSR count). The molecule has 0 bridgehead atoms. The van der Waals surface area contributed by atoms with Crippen LogP contribution in [0, 0.1) is 6.92 Å². The highest BCUT2D eigenvalue weighted by Crippen LogP contribution is 2.24. The van der Waals surface area contributed by atoms with Gasteiger partial charge in [0.25, 0.3) is 5.91 Å². The molecule has 1 heterocycles. The lowest BCUT2D eigenvalue weighted by atomic mass is 10.0. The molecule has 1 amide bonds. The number of aromatic nitrogens is 2. The Morgan fingerprint density at radius 1 is 1.43 bits per heavy atom. The van der Waals surface area contributed by atoms with Crippen LogP contribution in [0.3, 0.4) is 0 Å². The zero-order valence-corrected chi connectivity index (χ0v) is 13.1. The van der Waals surface area contributed by atoms with Gasteiger partial charge >= 0.3 is 5.97 Å². The molecule has 7 heteroatoms. The van der Waals surface area contributed by atoms with Crippen LogP contribution in [0.4, 0.5) is 0 Å². The molecular formula is C16H20N4O3. The minimum Gasteiger partial charge on any atom is -0.480 e. The molecule has 0 aliphatic carbocycles. The average Bonchev–Trinajstić information content (AvgIpc) is 2.93. The van der Waals surface area contributed by atoms with Crippen LogP contribution in [0.25, 0.3) is 11.3 Å². The summed E-state index contributed by atoms with van der Waals surface area (Å²) in [5, 5.41) is 15.6. The van der Waals surface area contributed by atoms with Gasteiger partial charge < -0.3 is 16.2 Å². The molecule has 0 radical (unpaired) electrons. The van der Waals surface area contributed by atoms with Crippen LogP contribution < -0.4 is 11.1 Å². The smallest absolute Gasteiger partial charge is 0.322 e. The largest absolute Gasteiger partial charge is 0.480 e. The second kappa shape index (κ2) is 7.06. The fourth-order valence-corrected chi connectivity index (χ4v) is 2.29. The Balaban J connectivity index is 2.21. The van der Waals surface area contributed by atoms with E-state index in [9.17, 15) is 9.59 Å². The first kappa shape index (κ1) is 16.7. The van der Waals surface area contributed by atoms with Crippen LogP contribution in [-0.2, 0) is 11.3 Å². The third kappa shape index (κ3) is 3.75. The van der Waals surface area contributed by atoms with Gasteiger partial charge in [-0.3, -0.25) is 14.3 Å². The molecule has 0 fully saturated rings. The Hall–Kier alpha value is -2.67. The summed E-state index contributed by atoms with van der Waals surface area (Å²) < 4.78 is 1.87. The maximum absolute atomic E-state index is 12.2. The van der Waals surface area contributed by atoms with Gasteiger partial charge in [-0.15, -0.1) is 0 Å². The van der Waals surface area contributed by atoms with Gasteiger partial charge in [-0.25, -0.2) is 0 Å². The lowest BCUT2D eigenvalue weighted by Gasteiger charge is -2.11. The predicted octanol–water partition coefficient (Wildman–Crippen LogP) is 1.02. The molecule has 0 aliphatic rings. The van der Waals surface area contributed by atoms with Gasteiger partial charge in [-0.1, -0.05) is 12.1 Å². The minimum absolute atomic E-state index is 0.121. The van der Waals surface area contributed by atoms with E-state index in [0.717, 1.165) is 23.4 Å². The number of carbonyl (C=O) groups excluding carboxylic acids is 1. The Kier molecular flexibility index (Phi) is 5.13. The number of nitrogens with two attached hydrogens (primary N) is 1. The summed E-state index contributed by atoms with van der Waals surface area (Å²) >= 11 is 0. The first-order valence-corrected chi connectivity index (χ1v) is 7.33. The molecule has 0 aliphatic heterocycles. The first-order valence-electron chi connectivity index (χ1n) is 7.33. The number of nitrogens with one attached hydrogen (secondary N) is 1. The summed E-state index contributed by atoms with van der Waals surface area (Å²) in [4.78, 5) is 22.8. The highest BCUT2D eigenvalue weighted by molar-refractivity contribution is 5.95. The number of benzene rings is 1. The van der Waals surface area contributed by atoms with Crippen molar-refractivity contribution in [2.24, 2.45) is 5.73 Å². The van der Waals surface area contributed by atoms with Crippen molar-refractivity contribution in [3.8, 4) is 11.3 Å². The van der Waals surface area contributed by atoms with E-state index in [0.29, 0.717) is 5.56 Å². The number of aryl methyl sites for hydroxylation is 2. The summed E-state index contributed by atoms with van der Waals surface area (Å²) in [6.07, 6.45) is 1.79. The van der Waals surface area contributed by atoms with Crippen molar-refractivity contribution in [1.29, 1.82) is 0 Å². The quantitative estimate of drug-likeness (QED) is 0.737. The number of hydrogen-bond donors (Lipinski definition) is 3. The predicted molar refractivity (Wildman–Crippen MR) is 86.0 cm³/mol. The maximum Gasteiger partial charge on any atom is 0.322 e. The summed E-state index contributed by atoms with van der Waals surface area (Å²) in [6, 6.07) is 6.01. The number of rotatable bonds is 6. The Labute approximate surface area is 134 Å². The monoisotopic (exact) mass is 316 g/mol. The van der Waals surface area contributed by atoms with Crippen molar-refractivity contribution in [1.82, 2.24) is 15.1 Å². The van der Waals surface area contributed by atoms with E-state index < -0.39 is 12.0 Å². The molecule has 7 nitrogen and oxygen atoms in total. The first-order chi connectivity index (χ1) is 10.9. The number of nitrogens with zero attached hydrogens (tertiary/aromatic N) is 2. The summed E-state index contributed by atoms with van der Waals surface area (Å²) in [5.41, 5.74) is 8.70. The molecule has 0 unspecified atom stereocenters. The Morgan fingerprint density at radius 3 is 2.83 bits per heavy atom. The van der Waals surface area contributed by atoms with E-state index >= 15 is 0 Å². The molecule has 2 aromatic rings. The summed E-state index contributed by atoms with van der Waals surface area (Å²) in [7, 11) is 0. The third-order valence-corrected chi connectivity index (χ3v) is 3.52. The van der Waals surface area contributed by atoms with Gasteiger partial charge in [0, 0.05) is 24.2 Å². The van der Waals surface area contributed by atoms with Crippen LogP contribution >= 0.6 is 0 Å². The molecule has 0 saturated heterocycles. The van der Waals surface area contributed by atoms with E-state index in [1.807, 2.05) is 24.6 Å². The number of aliphatic carboxylic acids is 1. The molecule has 1 atom stereocenters. The SMILES string of the molecule is CCn1ncc(C)c1-c1cccc(C(=O)NC[C@@H](N)C(=O)O)c1.